The number of hydrogen-bond donors (Lipinski definition) is 1. The maximum Gasteiger partial charge on any atom is 0.0465 e. The summed E-state index contributed by atoms with van der Waals surface area (Å²) in [5, 5.41) is 8.29. The first-order valence-electron chi connectivity index (χ1n) is 7.23. The van der Waals surface area contributed by atoms with E-state index in [0.29, 0.717) is 6.04 Å². The van der Waals surface area contributed by atoms with Gasteiger partial charge in [0.25, 0.3) is 0 Å². The summed E-state index contributed by atoms with van der Waals surface area (Å²) in [5.74, 6) is 0. The Hall–Kier alpha value is -0.640. The number of hydrogen-bond acceptors (Lipinski definition) is 3. The fourth-order valence-corrected chi connectivity index (χ4v) is 4.45. The van der Waals surface area contributed by atoms with Gasteiger partial charge in [0, 0.05) is 28.3 Å². The van der Waals surface area contributed by atoms with Gasteiger partial charge in [0.15, 0.2) is 0 Å². The van der Waals surface area contributed by atoms with E-state index in [1.165, 1.54) is 41.9 Å². The van der Waals surface area contributed by atoms with E-state index in [1.807, 2.05) is 22.7 Å². The average Bonchev–Trinajstić information content (AvgIpc) is 3.12. The molecule has 0 aliphatic heterocycles. The number of thiophene rings is 2. The molecule has 19 heavy (non-hydrogen) atoms. The van der Waals surface area contributed by atoms with E-state index >= 15 is 0 Å². The molecule has 0 spiro atoms. The van der Waals surface area contributed by atoms with Gasteiger partial charge in [-0.25, -0.2) is 0 Å². The maximum atomic E-state index is 3.91. The first kappa shape index (κ1) is 13.3. The molecule has 0 radical (unpaired) electrons. The van der Waals surface area contributed by atoms with Crippen LogP contribution in [0.15, 0.2) is 35.0 Å². The Labute approximate surface area is 123 Å². The highest BCUT2D eigenvalue weighted by atomic mass is 32.1. The van der Waals surface area contributed by atoms with Crippen molar-refractivity contribution in [2.45, 2.75) is 50.6 Å². The molecule has 3 heteroatoms. The molecular formula is C16H21NS2. The zero-order valence-corrected chi connectivity index (χ0v) is 12.8. The van der Waals surface area contributed by atoms with Gasteiger partial charge in [0.1, 0.15) is 0 Å². The van der Waals surface area contributed by atoms with Gasteiger partial charge in [-0.3, -0.25) is 0 Å². The molecule has 2 aromatic heterocycles. The van der Waals surface area contributed by atoms with E-state index < -0.39 is 0 Å². The highest BCUT2D eigenvalue weighted by Gasteiger charge is 2.20. The van der Waals surface area contributed by atoms with E-state index in [2.05, 4.69) is 40.3 Å². The van der Waals surface area contributed by atoms with Crippen molar-refractivity contribution in [3.05, 3.63) is 44.8 Å². The lowest BCUT2D eigenvalue weighted by Gasteiger charge is -2.28. The Morgan fingerprint density at radius 2 is 1.84 bits per heavy atom. The minimum absolute atomic E-state index is 0.502. The predicted octanol–water partition coefficient (Wildman–Crippen LogP) is 5.02. The third-order valence-corrected chi connectivity index (χ3v) is 5.80. The molecule has 2 aromatic rings. The summed E-state index contributed by atoms with van der Waals surface area (Å²) in [6, 6.07) is 10.1. The van der Waals surface area contributed by atoms with Crippen LogP contribution in [0, 0.1) is 0 Å². The third-order valence-electron chi connectivity index (χ3n) is 3.91. The smallest absolute Gasteiger partial charge is 0.0465 e. The minimum Gasteiger partial charge on any atom is -0.306 e. The summed E-state index contributed by atoms with van der Waals surface area (Å²) in [6.45, 7) is 0. The van der Waals surface area contributed by atoms with Crippen LogP contribution in [0.25, 0.3) is 0 Å². The monoisotopic (exact) mass is 291 g/mol. The summed E-state index contributed by atoms with van der Waals surface area (Å²) in [4.78, 5) is 2.97. The van der Waals surface area contributed by atoms with Crippen LogP contribution in [0.1, 0.15) is 47.9 Å². The molecule has 1 aliphatic rings. The second-order valence-electron chi connectivity index (χ2n) is 5.35. The van der Waals surface area contributed by atoms with Crippen LogP contribution in [0.2, 0.25) is 0 Å². The number of rotatable bonds is 5. The zero-order valence-electron chi connectivity index (χ0n) is 11.2. The molecule has 0 bridgehead atoms. The molecule has 0 aromatic carbocycles. The molecule has 102 valence electrons. The molecule has 1 atom stereocenters. The molecule has 0 saturated heterocycles. The first-order valence-corrected chi connectivity index (χ1v) is 8.99. The molecular weight excluding hydrogens is 270 g/mol. The highest BCUT2D eigenvalue weighted by Crippen LogP contribution is 2.28. The van der Waals surface area contributed by atoms with Crippen molar-refractivity contribution >= 4 is 22.7 Å². The normalized spacial score (nSPS) is 18.5. The molecule has 1 unspecified atom stereocenters. The van der Waals surface area contributed by atoms with Gasteiger partial charge in [0.05, 0.1) is 0 Å². The van der Waals surface area contributed by atoms with Crippen LogP contribution in [0.5, 0.6) is 0 Å². The van der Waals surface area contributed by atoms with Crippen molar-refractivity contribution in [2.75, 3.05) is 0 Å². The molecule has 1 fully saturated rings. The highest BCUT2D eigenvalue weighted by molar-refractivity contribution is 7.10. The Morgan fingerprint density at radius 3 is 2.53 bits per heavy atom. The van der Waals surface area contributed by atoms with Crippen LogP contribution in [-0.4, -0.2) is 6.04 Å². The Balaban J connectivity index is 1.68. The standard InChI is InChI=1S/C16H21NS2/c1-2-6-13(7-3-1)17-15(16-9-5-11-19-16)12-14-8-4-10-18-14/h4-5,8-11,13,15,17H,1-3,6-7,12H2. The van der Waals surface area contributed by atoms with E-state index in [9.17, 15) is 0 Å². The molecule has 1 nitrogen and oxygen atoms in total. The van der Waals surface area contributed by atoms with Crippen molar-refractivity contribution in [2.24, 2.45) is 0 Å². The SMILES string of the molecule is c1csc(CC(NC2CCCCC2)c2cccs2)c1. The maximum absolute atomic E-state index is 3.91. The predicted molar refractivity (Wildman–Crippen MR) is 85.1 cm³/mol. The summed E-state index contributed by atoms with van der Waals surface area (Å²) in [5.41, 5.74) is 0. The van der Waals surface area contributed by atoms with Crippen molar-refractivity contribution in [1.82, 2.24) is 5.32 Å². The second-order valence-corrected chi connectivity index (χ2v) is 7.36. The lowest BCUT2D eigenvalue weighted by atomic mass is 9.94. The van der Waals surface area contributed by atoms with Gasteiger partial charge < -0.3 is 5.32 Å². The fraction of sp³-hybridized carbons (Fsp3) is 0.500. The van der Waals surface area contributed by atoms with Crippen LogP contribution >= 0.6 is 22.7 Å². The van der Waals surface area contributed by atoms with Crippen LogP contribution in [0.3, 0.4) is 0 Å². The summed E-state index contributed by atoms with van der Waals surface area (Å²) >= 11 is 3.76. The molecule has 1 N–H and O–H groups in total. The second kappa shape index (κ2) is 6.69. The molecule has 1 saturated carbocycles. The van der Waals surface area contributed by atoms with Crippen LogP contribution in [0.4, 0.5) is 0 Å². The van der Waals surface area contributed by atoms with E-state index in [0.717, 1.165) is 12.5 Å². The number of nitrogens with one attached hydrogen (secondary N) is 1. The van der Waals surface area contributed by atoms with Crippen molar-refractivity contribution in [3.8, 4) is 0 Å². The van der Waals surface area contributed by atoms with E-state index in [1.54, 1.807) is 0 Å². The topological polar surface area (TPSA) is 12.0 Å². The zero-order chi connectivity index (χ0) is 12.9. The lowest BCUT2D eigenvalue weighted by molar-refractivity contribution is 0.339. The molecule has 1 aliphatic carbocycles. The van der Waals surface area contributed by atoms with Gasteiger partial charge in [-0.15, -0.1) is 22.7 Å². The Morgan fingerprint density at radius 1 is 1.05 bits per heavy atom. The molecule has 2 heterocycles. The van der Waals surface area contributed by atoms with Crippen molar-refractivity contribution in [1.29, 1.82) is 0 Å². The first-order chi connectivity index (χ1) is 9.42. The van der Waals surface area contributed by atoms with Crippen LogP contribution < -0.4 is 5.32 Å². The molecule has 3 rings (SSSR count). The largest absolute Gasteiger partial charge is 0.306 e. The van der Waals surface area contributed by atoms with Crippen molar-refractivity contribution < 1.29 is 0 Å². The third kappa shape index (κ3) is 3.68. The van der Waals surface area contributed by atoms with Crippen molar-refractivity contribution in [3.63, 3.8) is 0 Å². The van der Waals surface area contributed by atoms with Gasteiger partial charge in [-0.2, -0.15) is 0 Å². The lowest BCUT2D eigenvalue weighted by Crippen LogP contribution is -2.35. The van der Waals surface area contributed by atoms with Gasteiger partial charge in [0.2, 0.25) is 0 Å². The Kier molecular flexibility index (Phi) is 4.70. The van der Waals surface area contributed by atoms with Crippen LogP contribution in [-0.2, 0) is 6.42 Å². The van der Waals surface area contributed by atoms with Gasteiger partial charge in [-0.05, 0) is 35.7 Å². The Bertz CT molecular complexity index is 455. The summed E-state index contributed by atoms with van der Waals surface area (Å²) < 4.78 is 0. The molecule has 0 amide bonds. The van der Waals surface area contributed by atoms with Gasteiger partial charge >= 0.3 is 0 Å². The minimum atomic E-state index is 0.502. The summed E-state index contributed by atoms with van der Waals surface area (Å²) in [7, 11) is 0. The van der Waals surface area contributed by atoms with E-state index in [4.69, 9.17) is 0 Å². The fourth-order valence-electron chi connectivity index (χ4n) is 2.91. The quantitative estimate of drug-likeness (QED) is 0.816. The van der Waals surface area contributed by atoms with E-state index in [-0.39, 0.29) is 0 Å². The summed E-state index contributed by atoms with van der Waals surface area (Å²) in [6.07, 6.45) is 8.06. The van der Waals surface area contributed by atoms with Gasteiger partial charge in [-0.1, -0.05) is 31.4 Å². The average molecular weight is 291 g/mol.